The molecule has 1 N–H and O–H groups in total. The largest absolute Gasteiger partial charge is 0.340 e. The van der Waals surface area contributed by atoms with Crippen LogP contribution in [0.5, 0.6) is 0 Å². The second-order valence-corrected chi connectivity index (χ2v) is 6.67. The number of benzene rings is 2. The Morgan fingerprint density at radius 3 is 2.67 bits per heavy atom. The minimum Gasteiger partial charge on any atom is -0.340 e. The number of para-hydroxylation sites is 2. The van der Waals surface area contributed by atoms with Gasteiger partial charge < -0.3 is 9.88 Å². The molecule has 0 aliphatic carbocycles. The van der Waals surface area contributed by atoms with Crippen molar-refractivity contribution in [1.29, 1.82) is 0 Å². The van der Waals surface area contributed by atoms with Crippen LogP contribution < -0.4 is 0 Å². The molecule has 1 atom stereocenters. The number of carbonyl (C=O) groups excluding carboxylic acids is 1. The van der Waals surface area contributed by atoms with E-state index in [0.29, 0.717) is 0 Å². The summed E-state index contributed by atoms with van der Waals surface area (Å²) in [5, 5.41) is 0. The summed E-state index contributed by atoms with van der Waals surface area (Å²) in [6, 6.07) is 14.1. The zero-order valence-electron chi connectivity index (χ0n) is 14.0. The fourth-order valence-corrected chi connectivity index (χ4v) is 3.69. The van der Waals surface area contributed by atoms with Crippen LogP contribution in [0.1, 0.15) is 46.2 Å². The molecule has 1 saturated heterocycles. The highest BCUT2D eigenvalue weighted by Gasteiger charge is 2.32. The molecule has 122 valence electrons. The highest BCUT2D eigenvalue weighted by Crippen LogP contribution is 2.32. The van der Waals surface area contributed by atoms with Gasteiger partial charge in [-0.15, -0.1) is 0 Å². The molecule has 4 heteroatoms. The van der Waals surface area contributed by atoms with Crippen LogP contribution >= 0.6 is 0 Å². The molecule has 1 aliphatic rings. The number of carbonyl (C=O) groups is 1. The van der Waals surface area contributed by atoms with E-state index in [2.05, 4.69) is 11.1 Å². The molecule has 4 nitrogen and oxygen atoms in total. The summed E-state index contributed by atoms with van der Waals surface area (Å²) in [7, 11) is 0. The Labute approximate surface area is 141 Å². The maximum absolute atomic E-state index is 13.0. The van der Waals surface area contributed by atoms with Gasteiger partial charge in [0.25, 0.3) is 5.91 Å². The summed E-state index contributed by atoms with van der Waals surface area (Å²) in [6.07, 6.45) is 1.97. The second-order valence-electron chi connectivity index (χ2n) is 6.67. The SMILES string of the molecule is Cc1cc(C)cc(C(=O)N2CCC[C@@H]2c2nc3ccccc3[nH]2)c1. The Balaban J connectivity index is 1.68. The number of imidazole rings is 1. The van der Waals surface area contributed by atoms with Crippen molar-refractivity contribution < 1.29 is 4.79 Å². The topological polar surface area (TPSA) is 49.0 Å². The van der Waals surface area contributed by atoms with Crippen molar-refractivity contribution in [3.8, 4) is 0 Å². The van der Waals surface area contributed by atoms with Crippen LogP contribution in [0.2, 0.25) is 0 Å². The highest BCUT2D eigenvalue weighted by atomic mass is 16.2. The van der Waals surface area contributed by atoms with Crippen molar-refractivity contribution in [3.05, 3.63) is 65.0 Å². The molecule has 1 fully saturated rings. The van der Waals surface area contributed by atoms with Crippen LogP contribution in [0, 0.1) is 13.8 Å². The maximum Gasteiger partial charge on any atom is 0.254 e. The molecule has 1 aromatic heterocycles. The molecule has 0 bridgehead atoms. The Bertz CT molecular complexity index is 859. The number of H-pyrrole nitrogens is 1. The third-order valence-electron chi connectivity index (χ3n) is 4.71. The lowest BCUT2D eigenvalue weighted by Gasteiger charge is -2.23. The number of aromatic nitrogens is 2. The Kier molecular flexibility index (Phi) is 3.60. The molecule has 3 aromatic rings. The molecular weight excluding hydrogens is 298 g/mol. The van der Waals surface area contributed by atoms with E-state index in [9.17, 15) is 4.79 Å². The van der Waals surface area contributed by atoms with Gasteiger partial charge in [0.15, 0.2) is 0 Å². The highest BCUT2D eigenvalue weighted by molar-refractivity contribution is 5.95. The molecule has 0 saturated carbocycles. The smallest absolute Gasteiger partial charge is 0.254 e. The average Bonchev–Trinajstić information content (AvgIpc) is 3.19. The number of hydrogen-bond donors (Lipinski definition) is 1. The van der Waals surface area contributed by atoms with Crippen LogP contribution in [0.4, 0.5) is 0 Å². The zero-order valence-corrected chi connectivity index (χ0v) is 14.0. The lowest BCUT2D eigenvalue weighted by atomic mass is 10.1. The molecule has 1 amide bonds. The summed E-state index contributed by atoms with van der Waals surface area (Å²) >= 11 is 0. The molecule has 4 rings (SSSR count). The van der Waals surface area contributed by atoms with E-state index in [1.807, 2.05) is 55.1 Å². The predicted molar refractivity (Wildman–Crippen MR) is 95.0 cm³/mol. The first-order chi connectivity index (χ1) is 11.6. The van der Waals surface area contributed by atoms with Crippen molar-refractivity contribution in [2.24, 2.45) is 0 Å². The summed E-state index contributed by atoms with van der Waals surface area (Å²) in [4.78, 5) is 23.1. The number of fused-ring (bicyclic) bond motifs is 1. The van der Waals surface area contributed by atoms with E-state index < -0.39 is 0 Å². The monoisotopic (exact) mass is 319 g/mol. The Morgan fingerprint density at radius 1 is 1.17 bits per heavy atom. The minimum absolute atomic E-state index is 0.0331. The fourth-order valence-electron chi connectivity index (χ4n) is 3.69. The number of amides is 1. The predicted octanol–water partition coefficient (Wildman–Crippen LogP) is 4.16. The standard InChI is InChI=1S/C20H21N3O/c1-13-10-14(2)12-15(11-13)20(24)23-9-5-8-18(23)19-21-16-6-3-4-7-17(16)22-19/h3-4,6-7,10-12,18H,5,8-9H2,1-2H3,(H,21,22)/t18-/m1/s1. The number of nitrogens with zero attached hydrogens (tertiary/aromatic N) is 2. The maximum atomic E-state index is 13.0. The number of aryl methyl sites for hydroxylation is 2. The first-order valence-corrected chi connectivity index (χ1v) is 8.46. The van der Waals surface area contributed by atoms with Crippen molar-refractivity contribution in [3.63, 3.8) is 0 Å². The van der Waals surface area contributed by atoms with Crippen molar-refractivity contribution in [2.75, 3.05) is 6.54 Å². The lowest BCUT2D eigenvalue weighted by Crippen LogP contribution is -2.31. The van der Waals surface area contributed by atoms with Crippen LogP contribution in [-0.4, -0.2) is 27.3 Å². The van der Waals surface area contributed by atoms with E-state index in [1.54, 1.807) is 0 Å². The van der Waals surface area contributed by atoms with Crippen LogP contribution in [0.3, 0.4) is 0 Å². The molecule has 0 radical (unpaired) electrons. The molecule has 2 aromatic carbocycles. The number of likely N-dealkylation sites (tertiary alicyclic amines) is 1. The fraction of sp³-hybridized carbons (Fsp3) is 0.300. The molecular formula is C20H21N3O. The van der Waals surface area contributed by atoms with Gasteiger partial charge in [-0.05, 0) is 51.0 Å². The quantitative estimate of drug-likeness (QED) is 0.771. The number of aromatic amines is 1. The minimum atomic E-state index is 0.0331. The first-order valence-electron chi connectivity index (χ1n) is 8.46. The van der Waals surface area contributed by atoms with E-state index in [4.69, 9.17) is 4.98 Å². The third-order valence-corrected chi connectivity index (χ3v) is 4.71. The second kappa shape index (κ2) is 5.78. The van der Waals surface area contributed by atoms with Gasteiger partial charge in [-0.25, -0.2) is 4.98 Å². The third kappa shape index (κ3) is 2.58. The van der Waals surface area contributed by atoms with Crippen LogP contribution in [-0.2, 0) is 0 Å². The lowest BCUT2D eigenvalue weighted by molar-refractivity contribution is 0.0730. The number of rotatable bonds is 2. The first kappa shape index (κ1) is 14.9. The van der Waals surface area contributed by atoms with Crippen molar-refractivity contribution in [1.82, 2.24) is 14.9 Å². The average molecular weight is 319 g/mol. The van der Waals surface area contributed by atoms with Gasteiger partial charge in [-0.1, -0.05) is 29.3 Å². The summed E-state index contributed by atoms with van der Waals surface area (Å²) in [5.74, 6) is 0.996. The van der Waals surface area contributed by atoms with E-state index in [0.717, 1.165) is 52.9 Å². The summed E-state index contributed by atoms with van der Waals surface area (Å²) in [5.41, 5.74) is 5.00. The van der Waals surface area contributed by atoms with Crippen molar-refractivity contribution >= 4 is 16.9 Å². The summed E-state index contributed by atoms with van der Waals surface area (Å²) < 4.78 is 0. The van der Waals surface area contributed by atoms with Gasteiger partial charge in [0, 0.05) is 12.1 Å². The zero-order chi connectivity index (χ0) is 16.7. The van der Waals surface area contributed by atoms with Gasteiger partial charge in [-0.2, -0.15) is 0 Å². The van der Waals surface area contributed by atoms with Crippen LogP contribution in [0.25, 0.3) is 11.0 Å². The van der Waals surface area contributed by atoms with Crippen LogP contribution in [0.15, 0.2) is 42.5 Å². The normalized spacial score (nSPS) is 17.6. The molecule has 24 heavy (non-hydrogen) atoms. The molecule has 1 aliphatic heterocycles. The Morgan fingerprint density at radius 2 is 1.92 bits per heavy atom. The Hall–Kier alpha value is -2.62. The van der Waals surface area contributed by atoms with E-state index >= 15 is 0 Å². The molecule has 2 heterocycles. The van der Waals surface area contributed by atoms with Gasteiger partial charge >= 0.3 is 0 Å². The van der Waals surface area contributed by atoms with Gasteiger partial charge in [-0.3, -0.25) is 4.79 Å². The van der Waals surface area contributed by atoms with E-state index in [-0.39, 0.29) is 11.9 Å². The molecule has 0 spiro atoms. The van der Waals surface area contributed by atoms with Gasteiger partial charge in [0.1, 0.15) is 5.82 Å². The van der Waals surface area contributed by atoms with E-state index in [1.165, 1.54) is 0 Å². The molecule has 0 unspecified atom stereocenters. The van der Waals surface area contributed by atoms with Gasteiger partial charge in [0.2, 0.25) is 0 Å². The summed E-state index contributed by atoms with van der Waals surface area (Å²) in [6.45, 7) is 4.85. The number of nitrogens with one attached hydrogen (secondary N) is 1. The number of hydrogen-bond acceptors (Lipinski definition) is 2. The van der Waals surface area contributed by atoms with Gasteiger partial charge in [0.05, 0.1) is 17.1 Å². The van der Waals surface area contributed by atoms with Crippen molar-refractivity contribution in [2.45, 2.75) is 32.7 Å².